The summed E-state index contributed by atoms with van der Waals surface area (Å²) in [7, 11) is 0. The van der Waals surface area contributed by atoms with Crippen molar-refractivity contribution in [3.63, 3.8) is 0 Å². The van der Waals surface area contributed by atoms with Crippen molar-refractivity contribution in [1.82, 2.24) is 4.90 Å². The Morgan fingerprint density at radius 2 is 1.60 bits per heavy atom. The van der Waals surface area contributed by atoms with Crippen LogP contribution in [0.25, 0.3) is 0 Å². The van der Waals surface area contributed by atoms with Crippen LogP contribution in [0.1, 0.15) is 12.0 Å². The Kier molecular flexibility index (Phi) is 6.04. The van der Waals surface area contributed by atoms with Gasteiger partial charge in [0, 0.05) is 19.1 Å². The lowest BCUT2D eigenvalue weighted by molar-refractivity contribution is -0.0703. The van der Waals surface area contributed by atoms with E-state index in [1.54, 1.807) is 0 Å². The minimum absolute atomic E-state index is 0.00632. The summed E-state index contributed by atoms with van der Waals surface area (Å²) < 4.78 is 5.78. The predicted octanol–water partition coefficient (Wildman–Crippen LogP) is 1.81. The molecule has 0 aromatic heterocycles. The van der Waals surface area contributed by atoms with Crippen LogP contribution in [0, 0.1) is 0 Å². The molecule has 1 heterocycles. The molecule has 5 heteroatoms. The van der Waals surface area contributed by atoms with Gasteiger partial charge in [-0.15, -0.1) is 0 Å². The van der Waals surface area contributed by atoms with E-state index in [-0.39, 0.29) is 12.6 Å². The van der Waals surface area contributed by atoms with Gasteiger partial charge in [-0.05, 0) is 42.7 Å². The number of likely N-dealkylation sites (tertiary alicyclic amines) is 1. The minimum atomic E-state index is -0.747. The Morgan fingerprint density at radius 1 is 0.920 bits per heavy atom. The van der Waals surface area contributed by atoms with Crippen molar-refractivity contribution in [3.05, 3.63) is 60.2 Å². The molecule has 0 aliphatic carbocycles. The first-order valence-corrected chi connectivity index (χ1v) is 8.68. The Balaban J connectivity index is 1.54. The topological polar surface area (TPSA) is 73.2 Å². The fourth-order valence-electron chi connectivity index (χ4n) is 3.18. The first-order valence-electron chi connectivity index (χ1n) is 8.68. The molecule has 2 aromatic rings. The van der Waals surface area contributed by atoms with Gasteiger partial charge in [0.25, 0.3) is 0 Å². The number of hydrogen-bond donors (Lipinski definition) is 3. The van der Waals surface area contributed by atoms with E-state index >= 15 is 0 Å². The van der Waals surface area contributed by atoms with Crippen LogP contribution in [0.5, 0.6) is 11.5 Å². The summed E-state index contributed by atoms with van der Waals surface area (Å²) in [5.74, 6) is 1.60. The van der Waals surface area contributed by atoms with Gasteiger partial charge in [0.2, 0.25) is 0 Å². The molecule has 3 N–H and O–H groups in total. The van der Waals surface area contributed by atoms with Crippen LogP contribution in [0.4, 0.5) is 0 Å². The maximum Gasteiger partial charge on any atom is 0.127 e. The molecule has 134 valence electrons. The van der Waals surface area contributed by atoms with Crippen LogP contribution in [0.15, 0.2) is 54.6 Å². The van der Waals surface area contributed by atoms with E-state index in [9.17, 15) is 15.3 Å². The highest BCUT2D eigenvalue weighted by Gasteiger charge is 2.32. The van der Waals surface area contributed by atoms with Crippen molar-refractivity contribution in [1.29, 1.82) is 0 Å². The van der Waals surface area contributed by atoms with Crippen LogP contribution >= 0.6 is 0 Å². The average molecular weight is 343 g/mol. The first kappa shape index (κ1) is 17.9. The van der Waals surface area contributed by atoms with Gasteiger partial charge in [-0.3, -0.25) is 4.90 Å². The van der Waals surface area contributed by atoms with Crippen molar-refractivity contribution < 1.29 is 20.1 Å². The largest absolute Gasteiger partial charge is 0.457 e. The molecule has 3 rings (SSSR count). The molecular weight excluding hydrogens is 318 g/mol. The number of ether oxygens (including phenoxy) is 1. The number of aliphatic hydroxyl groups excluding tert-OH is 3. The third kappa shape index (κ3) is 4.80. The van der Waals surface area contributed by atoms with E-state index in [2.05, 4.69) is 0 Å². The normalized spacial score (nSPS) is 24.2. The van der Waals surface area contributed by atoms with E-state index in [1.165, 1.54) is 0 Å². The smallest absolute Gasteiger partial charge is 0.127 e. The maximum absolute atomic E-state index is 9.85. The van der Waals surface area contributed by atoms with Gasteiger partial charge in [-0.25, -0.2) is 0 Å². The van der Waals surface area contributed by atoms with Crippen molar-refractivity contribution >= 4 is 0 Å². The summed E-state index contributed by atoms with van der Waals surface area (Å²) in [4.78, 5) is 2.05. The molecule has 0 amide bonds. The van der Waals surface area contributed by atoms with Gasteiger partial charge in [0.15, 0.2) is 0 Å². The summed E-state index contributed by atoms with van der Waals surface area (Å²) in [6.45, 7) is 1.11. The summed E-state index contributed by atoms with van der Waals surface area (Å²) in [5.41, 5.74) is 1.16. The number of β-amino-alcohol motifs (C(OH)–C–C–N with tert-alkyl or cyclic N) is 1. The summed E-state index contributed by atoms with van der Waals surface area (Å²) >= 11 is 0. The van der Waals surface area contributed by atoms with Gasteiger partial charge >= 0.3 is 0 Å². The Hall–Kier alpha value is -1.92. The highest BCUT2D eigenvalue weighted by atomic mass is 16.5. The second kappa shape index (κ2) is 8.45. The third-order valence-corrected chi connectivity index (χ3v) is 4.70. The second-order valence-electron chi connectivity index (χ2n) is 6.51. The van der Waals surface area contributed by atoms with Gasteiger partial charge in [-0.1, -0.05) is 30.3 Å². The molecule has 25 heavy (non-hydrogen) atoms. The van der Waals surface area contributed by atoms with Gasteiger partial charge < -0.3 is 20.1 Å². The summed E-state index contributed by atoms with van der Waals surface area (Å²) in [6, 6.07) is 17.5. The zero-order valence-electron chi connectivity index (χ0n) is 14.2. The molecular formula is C20H25NO4. The van der Waals surface area contributed by atoms with E-state index in [0.717, 1.165) is 30.0 Å². The molecule has 1 aliphatic rings. The SMILES string of the molecule is OC[C@H]1CC(O)[C@@H](O)CN1CCc1ccc(Oc2ccccc2)cc1. The highest BCUT2D eigenvalue weighted by Crippen LogP contribution is 2.22. The quantitative estimate of drug-likeness (QED) is 0.746. The molecule has 5 nitrogen and oxygen atoms in total. The molecule has 0 bridgehead atoms. The Bertz CT molecular complexity index is 647. The molecule has 1 saturated heterocycles. The molecule has 0 radical (unpaired) electrons. The van der Waals surface area contributed by atoms with Crippen molar-refractivity contribution in [2.24, 2.45) is 0 Å². The number of benzene rings is 2. The number of aliphatic hydroxyl groups is 3. The maximum atomic E-state index is 9.85. The van der Waals surface area contributed by atoms with E-state index < -0.39 is 12.2 Å². The Labute approximate surface area is 148 Å². The van der Waals surface area contributed by atoms with Crippen LogP contribution in [-0.4, -0.2) is 58.2 Å². The molecule has 0 spiro atoms. The minimum Gasteiger partial charge on any atom is -0.457 e. The van der Waals surface area contributed by atoms with Crippen LogP contribution < -0.4 is 4.74 Å². The summed E-state index contributed by atoms with van der Waals surface area (Å²) in [6.07, 6.45) is -0.279. The van der Waals surface area contributed by atoms with Crippen LogP contribution in [0.3, 0.4) is 0 Å². The number of para-hydroxylation sites is 1. The third-order valence-electron chi connectivity index (χ3n) is 4.70. The Morgan fingerprint density at radius 3 is 2.28 bits per heavy atom. The van der Waals surface area contributed by atoms with Crippen molar-refractivity contribution in [2.75, 3.05) is 19.7 Å². The van der Waals surface area contributed by atoms with Gasteiger partial charge in [-0.2, -0.15) is 0 Å². The fraction of sp³-hybridized carbons (Fsp3) is 0.400. The molecule has 0 saturated carbocycles. The lowest BCUT2D eigenvalue weighted by atomic mass is 9.97. The van der Waals surface area contributed by atoms with E-state index in [0.29, 0.717) is 13.0 Å². The second-order valence-corrected chi connectivity index (χ2v) is 6.51. The number of piperidine rings is 1. The van der Waals surface area contributed by atoms with Gasteiger partial charge in [0.05, 0.1) is 18.8 Å². The lowest BCUT2D eigenvalue weighted by Crippen LogP contribution is -2.54. The number of rotatable bonds is 6. The molecule has 1 aliphatic heterocycles. The van der Waals surface area contributed by atoms with Crippen molar-refractivity contribution in [3.8, 4) is 11.5 Å². The predicted molar refractivity (Wildman–Crippen MR) is 95.7 cm³/mol. The fourth-order valence-corrected chi connectivity index (χ4v) is 3.18. The molecule has 1 unspecified atom stereocenters. The zero-order valence-corrected chi connectivity index (χ0v) is 14.2. The lowest BCUT2D eigenvalue weighted by Gasteiger charge is -2.39. The molecule has 1 fully saturated rings. The van der Waals surface area contributed by atoms with Crippen LogP contribution in [-0.2, 0) is 6.42 Å². The summed E-state index contributed by atoms with van der Waals surface area (Å²) in [5, 5.41) is 29.1. The number of nitrogens with zero attached hydrogens (tertiary/aromatic N) is 1. The van der Waals surface area contributed by atoms with Crippen LogP contribution in [0.2, 0.25) is 0 Å². The zero-order chi connectivity index (χ0) is 17.6. The van der Waals surface area contributed by atoms with Gasteiger partial charge in [0.1, 0.15) is 11.5 Å². The number of hydrogen-bond acceptors (Lipinski definition) is 5. The van der Waals surface area contributed by atoms with E-state index in [4.69, 9.17) is 4.74 Å². The standard InChI is InChI=1S/C20H25NO4/c22-14-16-12-19(23)20(24)13-21(16)11-10-15-6-8-18(9-7-15)25-17-4-2-1-3-5-17/h1-9,16,19-20,22-24H,10-14H2/t16-,19?,20+/m1/s1. The molecule has 3 atom stereocenters. The highest BCUT2D eigenvalue weighted by molar-refractivity contribution is 5.33. The monoisotopic (exact) mass is 343 g/mol. The average Bonchev–Trinajstić information content (AvgIpc) is 2.64. The molecule has 2 aromatic carbocycles. The van der Waals surface area contributed by atoms with E-state index in [1.807, 2.05) is 59.5 Å². The first-order chi connectivity index (χ1) is 12.2. The van der Waals surface area contributed by atoms with Crippen molar-refractivity contribution in [2.45, 2.75) is 31.1 Å².